The van der Waals surface area contributed by atoms with E-state index in [0.29, 0.717) is 18.3 Å². The number of rotatable bonds is 4. The monoisotopic (exact) mass is 314 g/mol. The zero-order valence-electron chi connectivity index (χ0n) is 13.3. The lowest BCUT2D eigenvalue weighted by Crippen LogP contribution is -2.47. The lowest BCUT2D eigenvalue weighted by atomic mass is 9.71. The molecule has 2 fully saturated rings. The number of ether oxygens (including phenoxy) is 1. The third kappa shape index (κ3) is 3.54. The van der Waals surface area contributed by atoms with Gasteiger partial charge in [-0.25, -0.2) is 0 Å². The summed E-state index contributed by atoms with van der Waals surface area (Å²) in [6.45, 7) is 5.57. The Morgan fingerprint density at radius 2 is 1.95 bits per heavy atom. The second-order valence-electron chi connectivity index (χ2n) is 6.23. The van der Waals surface area contributed by atoms with Crippen molar-refractivity contribution < 1.29 is 14.3 Å². The standard InChI is InChI=1S/C15H26N2O3S/c1-12(18)17-8-13(9-20-2)15(11-17)4-6-16(7-5-15)14(19)10-21-3/h13H,4-11H2,1-3H3. The minimum Gasteiger partial charge on any atom is -0.384 e. The molecule has 0 saturated carbocycles. The van der Waals surface area contributed by atoms with Gasteiger partial charge < -0.3 is 14.5 Å². The van der Waals surface area contributed by atoms with E-state index >= 15 is 0 Å². The van der Waals surface area contributed by atoms with Crippen LogP contribution in [0.15, 0.2) is 0 Å². The summed E-state index contributed by atoms with van der Waals surface area (Å²) in [5.41, 5.74) is 0.137. The topological polar surface area (TPSA) is 49.9 Å². The number of amides is 2. The van der Waals surface area contributed by atoms with Crippen molar-refractivity contribution in [2.45, 2.75) is 19.8 Å². The molecule has 6 heteroatoms. The van der Waals surface area contributed by atoms with Gasteiger partial charge in [-0.15, -0.1) is 0 Å². The quantitative estimate of drug-likeness (QED) is 0.779. The van der Waals surface area contributed by atoms with Crippen molar-refractivity contribution in [1.82, 2.24) is 9.80 Å². The normalized spacial score (nSPS) is 24.6. The van der Waals surface area contributed by atoms with Gasteiger partial charge in [-0.3, -0.25) is 9.59 Å². The van der Waals surface area contributed by atoms with Crippen LogP contribution in [0, 0.1) is 11.3 Å². The molecule has 0 aliphatic carbocycles. The Balaban J connectivity index is 2.01. The Morgan fingerprint density at radius 3 is 2.48 bits per heavy atom. The number of nitrogens with zero attached hydrogens (tertiary/aromatic N) is 2. The highest BCUT2D eigenvalue weighted by Gasteiger charge is 2.48. The molecule has 1 spiro atoms. The molecule has 2 amide bonds. The summed E-state index contributed by atoms with van der Waals surface area (Å²) >= 11 is 1.58. The molecule has 0 aromatic carbocycles. The van der Waals surface area contributed by atoms with Gasteiger partial charge in [0, 0.05) is 46.1 Å². The average molecular weight is 314 g/mol. The molecule has 2 heterocycles. The van der Waals surface area contributed by atoms with E-state index in [1.54, 1.807) is 25.8 Å². The fourth-order valence-corrected chi connectivity index (χ4v) is 4.12. The number of methoxy groups -OCH3 is 1. The van der Waals surface area contributed by atoms with E-state index < -0.39 is 0 Å². The van der Waals surface area contributed by atoms with Crippen LogP contribution >= 0.6 is 11.8 Å². The molecule has 21 heavy (non-hydrogen) atoms. The van der Waals surface area contributed by atoms with Crippen LogP contribution in [0.3, 0.4) is 0 Å². The fourth-order valence-electron chi connectivity index (χ4n) is 3.69. The van der Waals surface area contributed by atoms with Crippen LogP contribution in [0.5, 0.6) is 0 Å². The number of likely N-dealkylation sites (tertiary alicyclic amines) is 2. The summed E-state index contributed by atoms with van der Waals surface area (Å²) in [7, 11) is 1.72. The van der Waals surface area contributed by atoms with Crippen LogP contribution in [-0.2, 0) is 14.3 Å². The Hall–Kier alpha value is -0.750. The number of piperidine rings is 1. The number of carbonyl (C=O) groups excluding carboxylic acids is 2. The smallest absolute Gasteiger partial charge is 0.232 e. The van der Waals surface area contributed by atoms with Crippen LogP contribution < -0.4 is 0 Å². The maximum absolute atomic E-state index is 12.0. The van der Waals surface area contributed by atoms with Crippen LogP contribution in [0.25, 0.3) is 0 Å². The molecule has 0 N–H and O–H groups in total. The Morgan fingerprint density at radius 1 is 1.29 bits per heavy atom. The van der Waals surface area contributed by atoms with Crippen molar-refractivity contribution in [3.05, 3.63) is 0 Å². The molecule has 2 aliphatic heterocycles. The first-order valence-corrected chi connectivity index (χ1v) is 8.93. The highest BCUT2D eigenvalue weighted by molar-refractivity contribution is 7.99. The van der Waals surface area contributed by atoms with Crippen molar-refractivity contribution >= 4 is 23.6 Å². The molecule has 2 saturated heterocycles. The SMILES string of the molecule is COCC1CN(C(C)=O)CC12CCN(C(=O)CSC)CC2. The first-order chi connectivity index (χ1) is 10.0. The molecule has 2 aliphatic rings. The van der Waals surface area contributed by atoms with Gasteiger partial charge in [0.25, 0.3) is 0 Å². The lowest BCUT2D eigenvalue weighted by molar-refractivity contribution is -0.132. The lowest BCUT2D eigenvalue weighted by Gasteiger charge is -2.42. The van der Waals surface area contributed by atoms with Gasteiger partial charge in [-0.2, -0.15) is 11.8 Å². The predicted octanol–water partition coefficient (Wildman–Crippen LogP) is 1.08. The second kappa shape index (κ2) is 7.01. The minimum absolute atomic E-state index is 0.137. The van der Waals surface area contributed by atoms with E-state index in [1.807, 2.05) is 16.1 Å². The highest BCUT2D eigenvalue weighted by atomic mass is 32.2. The molecule has 0 aromatic heterocycles. The van der Waals surface area contributed by atoms with Crippen molar-refractivity contribution in [2.75, 3.05) is 51.9 Å². The van der Waals surface area contributed by atoms with Crippen LogP contribution in [-0.4, -0.2) is 73.5 Å². The zero-order valence-corrected chi connectivity index (χ0v) is 14.1. The van der Waals surface area contributed by atoms with Gasteiger partial charge >= 0.3 is 0 Å². The van der Waals surface area contributed by atoms with Crippen LogP contribution in [0.1, 0.15) is 19.8 Å². The molecule has 2 rings (SSSR count). The van der Waals surface area contributed by atoms with Crippen molar-refractivity contribution in [2.24, 2.45) is 11.3 Å². The molecular formula is C15H26N2O3S. The number of carbonyl (C=O) groups is 2. The molecule has 0 radical (unpaired) electrons. The predicted molar refractivity (Wildman–Crippen MR) is 84.2 cm³/mol. The van der Waals surface area contributed by atoms with Crippen molar-refractivity contribution in [1.29, 1.82) is 0 Å². The third-order valence-electron chi connectivity index (χ3n) is 5.01. The van der Waals surface area contributed by atoms with Gasteiger partial charge in [0.05, 0.1) is 12.4 Å². The highest BCUT2D eigenvalue weighted by Crippen LogP contribution is 2.44. The first kappa shape index (κ1) is 16.6. The summed E-state index contributed by atoms with van der Waals surface area (Å²) < 4.78 is 5.37. The van der Waals surface area contributed by atoms with Crippen LogP contribution in [0.4, 0.5) is 0 Å². The molecule has 120 valence electrons. The van der Waals surface area contributed by atoms with E-state index in [0.717, 1.165) is 39.0 Å². The van der Waals surface area contributed by atoms with E-state index in [4.69, 9.17) is 4.74 Å². The zero-order chi connectivity index (χ0) is 15.5. The van der Waals surface area contributed by atoms with E-state index in [9.17, 15) is 9.59 Å². The summed E-state index contributed by atoms with van der Waals surface area (Å²) in [4.78, 5) is 27.6. The molecule has 1 unspecified atom stereocenters. The molecule has 0 aromatic rings. The second-order valence-corrected chi connectivity index (χ2v) is 7.09. The van der Waals surface area contributed by atoms with Crippen molar-refractivity contribution in [3.8, 4) is 0 Å². The molecule has 1 atom stereocenters. The Labute approximate surface area is 131 Å². The van der Waals surface area contributed by atoms with Crippen molar-refractivity contribution in [3.63, 3.8) is 0 Å². The van der Waals surface area contributed by atoms with Gasteiger partial charge in [-0.05, 0) is 24.5 Å². The minimum atomic E-state index is 0.137. The largest absolute Gasteiger partial charge is 0.384 e. The summed E-state index contributed by atoms with van der Waals surface area (Å²) in [5.74, 6) is 1.34. The van der Waals surface area contributed by atoms with E-state index in [1.165, 1.54) is 0 Å². The van der Waals surface area contributed by atoms with Gasteiger partial charge in [0.2, 0.25) is 11.8 Å². The number of hydrogen-bond acceptors (Lipinski definition) is 4. The maximum atomic E-state index is 12.0. The average Bonchev–Trinajstić information content (AvgIpc) is 2.79. The van der Waals surface area contributed by atoms with E-state index in [-0.39, 0.29) is 17.2 Å². The number of thioether (sulfide) groups is 1. The Bertz CT molecular complexity index is 394. The van der Waals surface area contributed by atoms with Gasteiger partial charge in [0.15, 0.2) is 0 Å². The summed E-state index contributed by atoms with van der Waals surface area (Å²) in [5, 5.41) is 0. The molecule has 5 nitrogen and oxygen atoms in total. The third-order valence-corrected chi connectivity index (χ3v) is 5.54. The van der Waals surface area contributed by atoms with Gasteiger partial charge in [0.1, 0.15) is 0 Å². The van der Waals surface area contributed by atoms with Gasteiger partial charge in [-0.1, -0.05) is 0 Å². The maximum Gasteiger partial charge on any atom is 0.232 e. The number of hydrogen-bond donors (Lipinski definition) is 0. The molecule has 0 bridgehead atoms. The summed E-state index contributed by atoms with van der Waals surface area (Å²) in [6.07, 6.45) is 3.91. The van der Waals surface area contributed by atoms with E-state index in [2.05, 4.69) is 0 Å². The summed E-state index contributed by atoms with van der Waals surface area (Å²) in [6, 6.07) is 0. The molecular weight excluding hydrogens is 288 g/mol. The fraction of sp³-hybridized carbons (Fsp3) is 0.867. The van der Waals surface area contributed by atoms with Crippen LogP contribution in [0.2, 0.25) is 0 Å². The Kier molecular flexibility index (Phi) is 5.54. The first-order valence-electron chi connectivity index (χ1n) is 7.53.